The second kappa shape index (κ2) is 4.34. The lowest BCUT2D eigenvalue weighted by molar-refractivity contribution is -0.142. The predicted octanol–water partition coefficient (Wildman–Crippen LogP) is 2.08. The molecule has 3 heteroatoms. The van der Waals surface area contributed by atoms with Crippen molar-refractivity contribution in [3.63, 3.8) is 0 Å². The van der Waals surface area contributed by atoms with Crippen molar-refractivity contribution in [3.05, 3.63) is 29.8 Å². The van der Waals surface area contributed by atoms with Crippen LogP contribution in [0.2, 0.25) is 0 Å². The lowest BCUT2D eigenvalue weighted by Gasteiger charge is -2.12. The summed E-state index contributed by atoms with van der Waals surface area (Å²) in [5.74, 6) is 0.744. The van der Waals surface area contributed by atoms with E-state index in [1.165, 1.54) is 0 Å². The van der Waals surface area contributed by atoms with Gasteiger partial charge in [0.15, 0.2) is 0 Å². The van der Waals surface area contributed by atoms with Gasteiger partial charge in [-0.05, 0) is 25.0 Å². The second-order valence-electron chi connectivity index (χ2n) is 3.73. The molecule has 1 aromatic carbocycles. The topological polar surface area (TPSA) is 35.5 Å². The molecule has 0 amide bonds. The molecule has 1 aliphatic rings. The molecule has 0 N–H and O–H groups in total. The first kappa shape index (κ1) is 10.0. The van der Waals surface area contributed by atoms with Crippen LogP contribution in [0.5, 0.6) is 5.75 Å². The number of aryl methyl sites for hydroxylation is 1. The van der Waals surface area contributed by atoms with Gasteiger partial charge in [0, 0.05) is 6.42 Å². The molecule has 0 aromatic heterocycles. The molecule has 80 valence electrons. The first-order chi connectivity index (χ1) is 7.25. The standard InChI is InChI=1S/C12H14O3/c1-9-4-2-3-5-11(9)14-8-10-6-7-12(13)15-10/h2-5,10H,6-8H2,1H3. The lowest BCUT2D eigenvalue weighted by atomic mass is 10.2. The maximum absolute atomic E-state index is 10.9. The van der Waals surface area contributed by atoms with Gasteiger partial charge in [0.05, 0.1) is 0 Å². The Bertz CT molecular complexity index is 360. The van der Waals surface area contributed by atoms with E-state index in [2.05, 4.69) is 0 Å². The van der Waals surface area contributed by atoms with Crippen molar-refractivity contribution >= 4 is 5.97 Å². The maximum atomic E-state index is 10.9. The quantitative estimate of drug-likeness (QED) is 0.710. The average Bonchev–Trinajstić information content (AvgIpc) is 2.63. The molecule has 1 aliphatic heterocycles. The van der Waals surface area contributed by atoms with Crippen LogP contribution in [0.1, 0.15) is 18.4 Å². The van der Waals surface area contributed by atoms with Crippen molar-refractivity contribution in [2.24, 2.45) is 0 Å². The third-order valence-corrected chi connectivity index (χ3v) is 2.49. The van der Waals surface area contributed by atoms with Crippen molar-refractivity contribution in [1.29, 1.82) is 0 Å². The molecule has 1 fully saturated rings. The Morgan fingerprint density at radius 1 is 1.47 bits per heavy atom. The number of benzene rings is 1. The molecule has 1 heterocycles. The number of rotatable bonds is 3. The van der Waals surface area contributed by atoms with E-state index in [4.69, 9.17) is 9.47 Å². The number of para-hydroxylation sites is 1. The number of esters is 1. The SMILES string of the molecule is Cc1ccccc1OCC1CCC(=O)O1. The Balaban J connectivity index is 1.88. The Hall–Kier alpha value is -1.51. The number of carbonyl (C=O) groups is 1. The highest BCUT2D eigenvalue weighted by Gasteiger charge is 2.23. The average molecular weight is 206 g/mol. The monoisotopic (exact) mass is 206 g/mol. The van der Waals surface area contributed by atoms with Crippen LogP contribution >= 0.6 is 0 Å². The molecule has 0 spiro atoms. The molecule has 3 nitrogen and oxygen atoms in total. The van der Waals surface area contributed by atoms with Gasteiger partial charge in [-0.3, -0.25) is 4.79 Å². The van der Waals surface area contributed by atoms with Crippen LogP contribution < -0.4 is 4.74 Å². The summed E-state index contributed by atoms with van der Waals surface area (Å²) in [5.41, 5.74) is 1.10. The normalized spacial score (nSPS) is 20.1. The smallest absolute Gasteiger partial charge is 0.306 e. The summed E-state index contributed by atoms with van der Waals surface area (Å²) < 4.78 is 10.7. The van der Waals surface area contributed by atoms with E-state index < -0.39 is 0 Å². The van der Waals surface area contributed by atoms with Gasteiger partial charge in [0.2, 0.25) is 0 Å². The lowest BCUT2D eigenvalue weighted by Crippen LogP contribution is -2.17. The highest BCUT2D eigenvalue weighted by Crippen LogP contribution is 2.19. The Morgan fingerprint density at radius 3 is 2.93 bits per heavy atom. The highest BCUT2D eigenvalue weighted by molar-refractivity contribution is 5.71. The van der Waals surface area contributed by atoms with Crippen LogP contribution in [-0.2, 0) is 9.53 Å². The van der Waals surface area contributed by atoms with Gasteiger partial charge in [-0.1, -0.05) is 18.2 Å². The zero-order chi connectivity index (χ0) is 10.7. The van der Waals surface area contributed by atoms with Gasteiger partial charge in [0.25, 0.3) is 0 Å². The minimum absolute atomic E-state index is 0.0721. The summed E-state index contributed by atoms with van der Waals surface area (Å²) in [6.07, 6.45) is 1.21. The fourth-order valence-corrected chi connectivity index (χ4v) is 1.60. The van der Waals surface area contributed by atoms with Gasteiger partial charge < -0.3 is 9.47 Å². The van der Waals surface area contributed by atoms with Crippen LogP contribution in [0, 0.1) is 6.92 Å². The van der Waals surface area contributed by atoms with Gasteiger partial charge in [0.1, 0.15) is 18.5 Å². The highest BCUT2D eigenvalue weighted by atomic mass is 16.6. The Labute approximate surface area is 89.0 Å². The largest absolute Gasteiger partial charge is 0.489 e. The number of hydrogen-bond donors (Lipinski definition) is 0. The van der Waals surface area contributed by atoms with Crippen molar-refractivity contribution in [2.75, 3.05) is 6.61 Å². The van der Waals surface area contributed by atoms with E-state index in [0.717, 1.165) is 17.7 Å². The molecule has 15 heavy (non-hydrogen) atoms. The molecular formula is C12H14O3. The predicted molar refractivity (Wildman–Crippen MR) is 55.8 cm³/mol. The number of ether oxygens (including phenoxy) is 2. The van der Waals surface area contributed by atoms with Crippen molar-refractivity contribution in [1.82, 2.24) is 0 Å². The molecule has 1 unspecified atom stereocenters. The van der Waals surface area contributed by atoms with Crippen LogP contribution in [0.3, 0.4) is 0 Å². The summed E-state index contributed by atoms with van der Waals surface area (Å²) in [6, 6.07) is 7.82. The third-order valence-electron chi connectivity index (χ3n) is 2.49. The fourth-order valence-electron chi connectivity index (χ4n) is 1.60. The fraction of sp³-hybridized carbons (Fsp3) is 0.417. The molecule has 0 bridgehead atoms. The Kier molecular flexibility index (Phi) is 2.90. The molecule has 0 radical (unpaired) electrons. The summed E-state index contributed by atoms with van der Waals surface area (Å²) in [6.45, 7) is 2.45. The summed E-state index contributed by atoms with van der Waals surface area (Å²) in [4.78, 5) is 10.9. The molecule has 1 saturated heterocycles. The van der Waals surface area contributed by atoms with Crippen LogP contribution in [0.15, 0.2) is 24.3 Å². The first-order valence-corrected chi connectivity index (χ1v) is 5.13. The summed E-state index contributed by atoms with van der Waals surface area (Å²) >= 11 is 0. The van der Waals surface area contributed by atoms with E-state index in [1.54, 1.807) is 0 Å². The zero-order valence-electron chi connectivity index (χ0n) is 8.73. The third kappa shape index (κ3) is 2.49. The maximum Gasteiger partial charge on any atom is 0.306 e. The second-order valence-corrected chi connectivity index (χ2v) is 3.73. The van der Waals surface area contributed by atoms with Crippen LogP contribution in [0.25, 0.3) is 0 Å². The molecule has 1 atom stereocenters. The number of hydrogen-bond acceptors (Lipinski definition) is 3. The van der Waals surface area contributed by atoms with Crippen LogP contribution in [0.4, 0.5) is 0 Å². The number of carbonyl (C=O) groups excluding carboxylic acids is 1. The van der Waals surface area contributed by atoms with Gasteiger partial charge in [-0.15, -0.1) is 0 Å². The van der Waals surface area contributed by atoms with E-state index in [-0.39, 0.29) is 12.1 Å². The summed E-state index contributed by atoms with van der Waals surface area (Å²) in [7, 11) is 0. The van der Waals surface area contributed by atoms with Gasteiger partial charge >= 0.3 is 5.97 Å². The van der Waals surface area contributed by atoms with Crippen molar-refractivity contribution in [2.45, 2.75) is 25.9 Å². The minimum atomic E-state index is -0.117. The molecular weight excluding hydrogens is 192 g/mol. The van der Waals surface area contributed by atoms with E-state index in [0.29, 0.717) is 13.0 Å². The molecule has 2 rings (SSSR count). The first-order valence-electron chi connectivity index (χ1n) is 5.13. The molecule has 0 saturated carbocycles. The van der Waals surface area contributed by atoms with Crippen molar-refractivity contribution in [3.8, 4) is 5.75 Å². The minimum Gasteiger partial charge on any atom is -0.489 e. The van der Waals surface area contributed by atoms with Gasteiger partial charge in [-0.25, -0.2) is 0 Å². The van der Waals surface area contributed by atoms with Crippen molar-refractivity contribution < 1.29 is 14.3 Å². The zero-order valence-corrected chi connectivity index (χ0v) is 8.73. The van der Waals surface area contributed by atoms with E-state index in [1.807, 2.05) is 31.2 Å². The van der Waals surface area contributed by atoms with E-state index >= 15 is 0 Å². The van der Waals surface area contributed by atoms with E-state index in [9.17, 15) is 4.79 Å². The van der Waals surface area contributed by atoms with Gasteiger partial charge in [-0.2, -0.15) is 0 Å². The Morgan fingerprint density at radius 2 is 2.27 bits per heavy atom. The molecule has 0 aliphatic carbocycles. The number of cyclic esters (lactones) is 1. The molecule has 1 aromatic rings. The van der Waals surface area contributed by atoms with Crippen LogP contribution in [-0.4, -0.2) is 18.7 Å². The summed E-state index contributed by atoms with van der Waals surface area (Å²) in [5, 5.41) is 0.